The van der Waals surface area contributed by atoms with Crippen LogP contribution in [-0.4, -0.2) is 25.7 Å². The molecule has 1 saturated carbocycles. The van der Waals surface area contributed by atoms with Crippen LogP contribution in [0.4, 0.5) is 5.69 Å². The Labute approximate surface area is 107 Å². The van der Waals surface area contributed by atoms with Crippen LogP contribution in [0.2, 0.25) is 0 Å². The highest BCUT2D eigenvalue weighted by molar-refractivity contribution is 7.89. The van der Waals surface area contributed by atoms with Crippen molar-refractivity contribution < 1.29 is 13.5 Å². The molecule has 18 heavy (non-hydrogen) atoms. The molecule has 1 fully saturated rings. The molecule has 0 saturated heterocycles. The molecule has 1 aliphatic carbocycles. The van der Waals surface area contributed by atoms with E-state index in [2.05, 4.69) is 4.72 Å². The second-order valence-corrected chi connectivity index (χ2v) is 6.60. The maximum absolute atomic E-state index is 12.0. The van der Waals surface area contributed by atoms with E-state index >= 15 is 0 Å². The number of benzene rings is 1. The molecular weight excluding hydrogens is 252 g/mol. The highest BCUT2D eigenvalue weighted by atomic mass is 32.2. The van der Waals surface area contributed by atoms with Crippen LogP contribution in [0.15, 0.2) is 29.2 Å². The minimum absolute atomic E-state index is 0.0597. The summed E-state index contributed by atoms with van der Waals surface area (Å²) in [6, 6.07) is 6.11. The van der Waals surface area contributed by atoms with Crippen LogP contribution in [0.3, 0.4) is 0 Å². The SMILES string of the molecule is Nc1cccc(S(=O)(=O)NCC2(O)CCCC2)c1. The van der Waals surface area contributed by atoms with Crippen molar-refractivity contribution in [2.45, 2.75) is 36.2 Å². The fraction of sp³-hybridized carbons (Fsp3) is 0.500. The van der Waals surface area contributed by atoms with Crippen LogP contribution in [0.5, 0.6) is 0 Å². The molecule has 2 rings (SSSR count). The normalized spacial score (nSPS) is 18.9. The zero-order chi connectivity index (χ0) is 13.2. The topological polar surface area (TPSA) is 92.4 Å². The zero-order valence-corrected chi connectivity index (χ0v) is 10.9. The first kappa shape index (κ1) is 13.3. The van der Waals surface area contributed by atoms with E-state index in [1.807, 2.05) is 0 Å². The van der Waals surface area contributed by atoms with E-state index in [4.69, 9.17) is 5.73 Å². The average Bonchev–Trinajstić information content (AvgIpc) is 2.75. The number of anilines is 1. The average molecular weight is 270 g/mol. The first-order valence-electron chi connectivity index (χ1n) is 5.99. The molecule has 0 amide bonds. The van der Waals surface area contributed by atoms with Gasteiger partial charge in [-0.05, 0) is 31.0 Å². The largest absolute Gasteiger partial charge is 0.399 e. The summed E-state index contributed by atoms with van der Waals surface area (Å²) in [7, 11) is -3.60. The number of hydrogen-bond donors (Lipinski definition) is 3. The molecule has 1 aliphatic rings. The van der Waals surface area contributed by atoms with Crippen LogP contribution in [-0.2, 0) is 10.0 Å². The van der Waals surface area contributed by atoms with Crippen molar-refractivity contribution in [2.75, 3.05) is 12.3 Å². The Balaban J connectivity index is 2.08. The van der Waals surface area contributed by atoms with E-state index in [-0.39, 0.29) is 11.4 Å². The maximum Gasteiger partial charge on any atom is 0.240 e. The Morgan fingerprint density at radius 3 is 2.61 bits per heavy atom. The minimum atomic E-state index is -3.60. The Kier molecular flexibility index (Phi) is 3.61. The van der Waals surface area contributed by atoms with Crippen LogP contribution >= 0.6 is 0 Å². The van der Waals surface area contributed by atoms with Crippen molar-refractivity contribution >= 4 is 15.7 Å². The second kappa shape index (κ2) is 4.87. The van der Waals surface area contributed by atoms with Gasteiger partial charge in [0.15, 0.2) is 0 Å². The Hall–Kier alpha value is -1.11. The summed E-state index contributed by atoms with van der Waals surface area (Å²) < 4.78 is 26.5. The lowest BCUT2D eigenvalue weighted by molar-refractivity contribution is 0.0532. The third kappa shape index (κ3) is 3.01. The van der Waals surface area contributed by atoms with Gasteiger partial charge in [0.1, 0.15) is 0 Å². The molecule has 0 radical (unpaired) electrons. The molecule has 0 spiro atoms. The van der Waals surface area contributed by atoms with E-state index < -0.39 is 15.6 Å². The smallest absolute Gasteiger partial charge is 0.240 e. The predicted octanol–water partition coefficient (Wildman–Crippen LogP) is 0.852. The van der Waals surface area contributed by atoms with Crippen molar-refractivity contribution in [1.29, 1.82) is 0 Å². The maximum atomic E-state index is 12.0. The van der Waals surface area contributed by atoms with Gasteiger partial charge in [-0.1, -0.05) is 18.9 Å². The van der Waals surface area contributed by atoms with Gasteiger partial charge in [0.25, 0.3) is 0 Å². The summed E-state index contributed by atoms with van der Waals surface area (Å²) in [4.78, 5) is 0.129. The Bertz CT molecular complexity index is 522. The van der Waals surface area contributed by atoms with Crippen molar-refractivity contribution in [3.8, 4) is 0 Å². The monoisotopic (exact) mass is 270 g/mol. The zero-order valence-electron chi connectivity index (χ0n) is 10.1. The first-order valence-corrected chi connectivity index (χ1v) is 7.47. The van der Waals surface area contributed by atoms with Crippen LogP contribution < -0.4 is 10.5 Å². The molecule has 0 heterocycles. The molecule has 5 nitrogen and oxygen atoms in total. The number of aliphatic hydroxyl groups is 1. The van der Waals surface area contributed by atoms with Crippen LogP contribution in [0, 0.1) is 0 Å². The molecule has 1 aromatic carbocycles. The molecule has 0 aromatic heterocycles. The summed E-state index contributed by atoms with van der Waals surface area (Å²) in [6.45, 7) is 0.0597. The van der Waals surface area contributed by atoms with Crippen LogP contribution in [0.25, 0.3) is 0 Å². The number of nitrogens with one attached hydrogen (secondary N) is 1. The van der Waals surface area contributed by atoms with E-state index in [9.17, 15) is 13.5 Å². The van der Waals surface area contributed by atoms with Gasteiger partial charge >= 0.3 is 0 Å². The minimum Gasteiger partial charge on any atom is -0.399 e. The Morgan fingerprint density at radius 2 is 2.00 bits per heavy atom. The molecule has 1 aromatic rings. The first-order chi connectivity index (χ1) is 8.41. The number of nitrogen functional groups attached to an aromatic ring is 1. The van der Waals surface area contributed by atoms with Gasteiger partial charge in [0, 0.05) is 12.2 Å². The van der Waals surface area contributed by atoms with Gasteiger partial charge in [-0.3, -0.25) is 0 Å². The number of nitrogens with two attached hydrogens (primary N) is 1. The molecule has 4 N–H and O–H groups in total. The van der Waals surface area contributed by atoms with Gasteiger partial charge in [0.2, 0.25) is 10.0 Å². The van der Waals surface area contributed by atoms with Crippen molar-refractivity contribution in [3.05, 3.63) is 24.3 Å². The van der Waals surface area contributed by atoms with Crippen molar-refractivity contribution in [1.82, 2.24) is 4.72 Å². The molecular formula is C12H18N2O3S. The molecule has 0 bridgehead atoms. The summed E-state index contributed by atoms with van der Waals surface area (Å²) in [5.74, 6) is 0. The van der Waals surface area contributed by atoms with Crippen molar-refractivity contribution in [3.63, 3.8) is 0 Å². The van der Waals surface area contributed by atoms with Crippen LogP contribution in [0.1, 0.15) is 25.7 Å². The lowest BCUT2D eigenvalue weighted by Gasteiger charge is -2.22. The molecule has 100 valence electrons. The summed E-state index contributed by atoms with van der Waals surface area (Å²) in [6.07, 6.45) is 3.17. The van der Waals surface area contributed by atoms with Gasteiger partial charge < -0.3 is 10.8 Å². The van der Waals surface area contributed by atoms with Gasteiger partial charge in [-0.2, -0.15) is 0 Å². The van der Waals surface area contributed by atoms with Gasteiger partial charge in [-0.15, -0.1) is 0 Å². The summed E-state index contributed by atoms with van der Waals surface area (Å²) in [5.41, 5.74) is 5.06. The Morgan fingerprint density at radius 1 is 1.33 bits per heavy atom. The fourth-order valence-electron chi connectivity index (χ4n) is 2.20. The molecule has 0 unspecified atom stereocenters. The molecule has 0 aliphatic heterocycles. The number of hydrogen-bond acceptors (Lipinski definition) is 4. The third-order valence-corrected chi connectivity index (χ3v) is 4.69. The van der Waals surface area contributed by atoms with E-state index in [0.29, 0.717) is 18.5 Å². The number of rotatable bonds is 4. The lowest BCUT2D eigenvalue weighted by Crippen LogP contribution is -2.40. The lowest BCUT2D eigenvalue weighted by atomic mass is 10.0. The number of sulfonamides is 1. The van der Waals surface area contributed by atoms with Gasteiger partial charge in [0.05, 0.1) is 10.5 Å². The highest BCUT2D eigenvalue weighted by Gasteiger charge is 2.32. The fourth-order valence-corrected chi connectivity index (χ4v) is 3.38. The van der Waals surface area contributed by atoms with E-state index in [1.165, 1.54) is 12.1 Å². The quantitative estimate of drug-likeness (QED) is 0.707. The highest BCUT2D eigenvalue weighted by Crippen LogP contribution is 2.29. The van der Waals surface area contributed by atoms with Gasteiger partial charge in [-0.25, -0.2) is 13.1 Å². The standard InChI is InChI=1S/C12H18N2O3S/c13-10-4-3-5-11(8-10)18(16,17)14-9-12(15)6-1-2-7-12/h3-5,8,14-15H,1-2,6-7,9,13H2. The predicted molar refractivity (Wildman–Crippen MR) is 69.5 cm³/mol. The molecule has 0 atom stereocenters. The van der Waals surface area contributed by atoms with E-state index in [1.54, 1.807) is 12.1 Å². The second-order valence-electron chi connectivity index (χ2n) is 4.83. The third-order valence-electron chi connectivity index (χ3n) is 3.29. The molecule has 6 heteroatoms. The summed E-state index contributed by atoms with van der Waals surface area (Å²) in [5, 5.41) is 10.1. The van der Waals surface area contributed by atoms with E-state index in [0.717, 1.165) is 12.8 Å². The van der Waals surface area contributed by atoms with Crippen molar-refractivity contribution in [2.24, 2.45) is 0 Å². The summed E-state index contributed by atoms with van der Waals surface area (Å²) >= 11 is 0.